The smallest absolute Gasteiger partial charge is 0.0786 e. The number of aryl methyl sites for hydroxylation is 1. The fourth-order valence-corrected chi connectivity index (χ4v) is 0.711. The van der Waals surface area contributed by atoms with Crippen molar-refractivity contribution in [3.63, 3.8) is 0 Å². The Balaban J connectivity index is 2.42. The molecule has 1 heterocycles. The molecule has 1 aromatic rings. The quantitative estimate of drug-likeness (QED) is 0.598. The number of H-pyrrole nitrogens is 1. The maximum atomic E-state index is 4.65. The van der Waals surface area contributed by atoms with Gasteiger partial charge in [-0.25, -0.2) is 0 Å². The van der Waals surface area contributed by atoms with Crippen LogP contribution in [0, 0.1) is 6.92 Å². The molecule has 10 heavy (non-hydrogen) atoms. The van der Waals surface area contributed by atoms with Crippen molar-refractivity contribution in [2.45, 2.75) is 13.5 Å². The van der Waals surface area contributed by atoms with E-state index in [4.69, 9.17) is 0 Å². The molecule has 0 aliphatic rings. The largest absolute Gasteiger partial charge is 0.305 e. The summed E-state index contributed by atoms with van der Waals surface area (Å²) >= 11 is 0. The number of aromatic amines is 1. The van der Waals surface area contributed by atoms with Crippen LogP contribution in [0.2, 0.25) is 0 Å². The van der Waals surface area contributed by atoms with Gasteiger partial charge >= 0.3 is 0 Å². The van der Waals surface area contributed by atoms with E-state index in [0.717, 1.165) is 11.4 Å². The van der Waals surface area contributed by atoms with Crippen molar-refractivity contribution in [2.75, 3.05) is 7.11 Å². The second-order valence-electron chi connectivity index (χ2n) is 2.07. The van der Waals surface area contributed by atoms with E-state index in [2.05, 4.69) is 20.5 Å². The van der Waals surface area contributed by atoms with E-state index >= 15 is 0 Å². The Bertz CT molecular complexity index is 197. The first kappa shape index (κ1) is 7.24. The minimum absolute atomic E-state index is 0.640. The van der Waals surface area contributed by atoms with E-state index in [-0.39, 0.29) is 0 Å². The molecule has 0 amide bonds. The predicted molar refractivity (Wildman–Crippen MR) is 37.2 cm³/mol. The van der Waals surface area contributed by atoms with Gasteiger partial charge in [-0.05, 0) is 13.0 Å². The highest BCUT2D eigenvalue weighted by Gasteiger charge is 1.94. The van der Waals surface area contributed by atoms with Crippen LogP contribution in [0.1, 0.15) is 11.4 Å². The maximum Gasteiger partial charge on any atom is 0.0786 e. The molecule has 0 saturated heterocycles. The monoisotopic (exact) mass is 141 g/mol. The third-order valence-corrected chi connectivity index (χ3v) is 1.16. The van der Waals surface area contributed by atoms with Crippen LogP contribution in [0.25, 0.3) is 0 Å². The third kappa shape index (κ3) is 1.82. The van der Waals surface area contributed by atoms with Gasteiger partial charge in [0.1, 0.15) is 0 Å². The Kier molecular flexibility index (Phi) is 2.42. The second-order valence-corrected chi connectivity index (χ2v) is 2.07. The average Bonchev–Trinajstić information content (AvgIpc) is 2.31. The summed E-state index contributed by atoms with van der Waals surface area (Å²) in [6.07, 6.45) is 0. The predicted octanol–water partition coefficient (Wildman–Crippen LogP) is 0.369. The molecule has 0 aromatic carbocycles. The first-order valence-electron chi connectivity index (χ1n) is 3.09. The third-order valence-electron chi connectivity index (χ3n) is 1.16. The van der Waals surface area contributed by atoms with Crippen molar-refractivity contribution in [1.29, 1.82) is 0 Å². The van der Waals surface area contributed by atoms with Gasteiger partial charge in [-0.2, -0.15) is 10.6 Å². The number of hydrogen-bond donors (Lipinski definition) is 2. The molecule has 4 heteroatoms. The summed E-state index contributed by atoms with van der Waals surface area (Å²) in [4.78, 5) is 4.65. The van der Waals surface area contributed by atoms with Crippen molar-refractivity contribution in [2.24, 2.45) is 0 Å². The fourth-order valence-electron chi connectivity index (χ4n) is 0.711. The highest BCUT2D eigenvalue weighted by atomic mass is 16.6. The Morgan fingerprint density at radius 2 is 2.60 bits per heavy atom. The molecule has 0 radical (unpaired) electrons. The van der Waals surface area contributed by atoms with Crippen LogP contribution in [-0.2, 0) is 11.4 Å². The Morgan fingerprint density at radius 1 is 1.80 bits per heavy atom. The van der Waals surface area contributed by atoms with Crippen LogP contribution in [0.4, 0.5) is 0 Å². The zero-order valence-corrected chi connectivity index (χ0v) is 6.14. The molecule has 1 rings (SSSR count). The number of nitrogens with one attached hydrogen (secondary N) is 2. The molecule has 1 aromatic heterocycles. The van der Waals surface area contributed by atoms with E-state index in [1.54, 1.807) is 7.11 Å². The minimum atomic E-state index is 0.640. The Morgan fingerprint density at radius 3 is 3.10 bits per heavy atom. The maximum absolute atomic E-state index is 4.65. The van der Waals surface area contributed by atoms with Gasteiger partial charge in [0.25, 0.3) is 0 Å². The van der Waals surface area contributed by atoms with E-state index < -0.39 is 0 Å². The summed E-state index contributed by atoms with van der Waals surface area (Å²) < 4.78 is 0. The zero-order valence-electron chi connectivity index (χ0n) is 6.14. The van der Waals surface area contributed by atoms with Gasteiger partial charge < -0.3 is 4.84 Å². The fraction of sp³-hybridized carbons (Fsp3) is 0.500. The summed E-state index contributed by atoms with van der Waals surface area (Å²) in [6, 6.07) is 1.96. The van der Waals surface area contributed by atoms with Crippen LogP contribution < -0.4 is 5.48 Å². The molecule has 0 unspecified atom stereocenters. The van der Waals surface area contributed by atoms with E-state index in [1.165, 1.54) is 0 Å². The normalized spacial score (nSPS) is 10.2. The topological polar surface area (TPSA) is 49.9 Å². The summed E-state index contributed by atoms with van der Waals surface area (Å²) in [5.74, 6) is 0. The van der Waals surface area contributed by atoms with Crippen LogP contribution in [-0.4, -0.2) is 17.3 Å². The summed E-state index contributed by atoms with van der Waals surface area (Å²) in [6.45, 7) is 2.60. The van der Waals surface area contributed by atoms with Crippen LogP contribution in [0.5, 0.6) is 0 Å². The SMILES string of the molecule is CONCc1cc(C)[nH]n1. The molecule has 0 spiro atoms. The second kappa shape index (κ2) is 3.34. The van der Waals surface area contributed by atoms with Crippen LogP contribution in [0.3, 0.4) is 0 Å². The van der Waals surface area contributed by atoms with Gasteiger partial charge in [0, 0.05) is 5.69 Å². The van der Waals surface area contributed by atoms with Gasteiger partial charge in [0.2, 0.25) is 0 Å². The molecule has 0 atom stereocenters. The Labute approximate surface area is 59.5 Å². The Hall–Kier alpha value is -0.870. The van der Waals surface area contributed by atoms with Crippen molar-refractivity contribution in [3.8, 4) is 0 Å². The number of aromatic nitrogens is 2. The molecular formula is C6H11N3O. The summed E-state index contributed by atoms with van der Waals surface area (Å²) in [5.41, 5.74) is 4.72. The molecule has 4 nitrogen and oxygen atoms in total. The molecule has 56 valence electrons. The first-order valence-corrected chi connectivity index (χ1v) is 3.09. The average molecular weight is 141 g/mol. The minimum Gasteiger partial charge on any atom is -0.305 e. The lowest BCUT2D eigenvalue weighted by Gasteiger charge is -1.94. The number of hydroxylamine groups is 1. The molecule has 0 aliphatic heterocycles. The lowest BCUT2D eigenvalue weighted by Crippen LogP contribution is -2.10. The van der Waals surface area contributed by atoms with E-state index in [1.807, 2.05) is 13.0 Å². The lowest BCUT2D eigenvalue weighted by atomic mass is 10.4. The van der Waals surface area contributed by atoms with Gasteiger partial charge in [0.05, 0.1) is 19.3 Å². The van der Waals surface area contributed by atoms with Crippen molar-refractivity contribution < 1.29 is 4.84 Å². The highest BCUT2D eigenvalue weighted by molar-refractivity contribution is 5.05. The summed E-state index contributed by atoms with van der Waals surface area (Å²) in [5, 5.41) is 6.82. The van der Waals surface area contributed by atoms with Crippen LogP contribution in [0.15, 0.2) is 6.07 Å². The van der Waals surface area contributed by atoms with E-state index in [9.17, 15) is 0 Å². The zero-order chi connectivity index (χ0) is 7.40. The standard InChI is InChI=1S/C6H11N3O/c1-5-3-6(9-8-5)4-7-10-2/h3,7H,4H2,1-2H3,(H,8,9). The van der Waals surface area contributed by atoms with Gasteiger partial charge in [-0.1, -0.05) is 0 Å². The van der Waals surface area contributed by atoms with Gasteiger partial charge in [0.15, 0.2) is 0 Å². The number of rotatable bonds is 3. The molecular weight excluding hydrogens is 130 g/mol. The summed E-state index contributed by atoms with van der Waals surface area (Å²) in [7, 11) is 1.58. The number of nitrogens with zero attached hydrogens (tertiary/aromatic N) is 1. The van der Waals surface area contributed by atoms with Gasteiger partial charge in [-0.3, -0.25) is 5.10 Å². The molecule has 0 saturated carbocycles. The van der Waals surface area contributed by atoms with Crippen LogP contribution >= 0.6 is 0 Å². The molecule has 0 bridgehead atoms. The van der Waals surface area contributed by atoms with E-state index in [0.29, 0.717) is 6.54 Å². The number of hydrogen-bond acceptors (Lipinski definition) is 3. The molecule has 0 fully saturated rings. The molecule has 2 N–H and O–H groups in total. The highest BCUT2D eigenvalue weighted by Crippen LogP contribution is 1.95. The lowest BCUT2D eigenvalue weighted by molar-refractivity contribution is 0.0858. The van der Waals surface area contributed by atoms with Crippen molar-refractivity contribution >= 4 is 0 Å². The van der Waals surface area contributed by atoms with Gasteiger partial charge in [-0.15, -0.1) is 0 Å². The van der Waals surface area contributed by atoms with Crippen molar-refractivity contribution in [1.82, 2.24) is 15.7 Å². The first-order chi connectivity index (χ1) is 4.83. The van der Waals surface area contributed by atoms with Crippen molar-refractivity contribution in [3.05, 3.63) is 17.5 Å². The molecule has 0 aliphatic carbocycles.